The zero-order chi connectivity index (χ0) is 16.2. The predicted octanol–water partition coefficient (Wildman–Crippen LogP) is 5.07. The van der Waals surface area contributed by atoms with Crippen molar-refractivity contribution < 1.29 is 4.79 Å². The van der Waals surface area contributed by atoms with Gasteiger partial charge in [0, 0.05) is 16.7 Å². The topological polar surface area (TPSA) is 41.1 Å². The van der Waals surface area contributed by atoms with Gasteiger partial charge >= 0.3 is 6.03 Å². The normalized spacial score (nSPS) is 11.1. The molecule has 2 N–H and O–H groups in total. The molecule has 0 radical (unpaired) electrons. The van der Waals surface area contributed by atoms with Gasteiger partial charge in [-0.25, -0.2) is 4.79 Å². The molecule has 0 fully saturated rings. The van der Waals surface area contributed by atoms with Gasteiger partial charge < -0.3 is 10.6 Å². The maximum Gasteiger partial charge on any atom is 0.319 e. The lowest BCUT2D eigenvalue weighted by atomic mass is 9.87. The van der Waals surface area contributed by atoms with Gasteiger partial charge in [-0.1, -0.05) is 61.0 Å². The van der Waals surface area contributed by atoms with Crippen LogP contribution in [0.3, 0.4) is 0 Å². The smallest absolute Gasteiger partial charge is 0.319 e. The van der Waals surface area contributed by atoms with Crippen molar-refractivity contribution in [2.45, 2.75) is 32.7 Å². The molecular weight excluding hydrogens is 340 g/mol. The standard InChI is InChI=1S/C18H21BrN2O/c1-18(2,3)14-7-9-16(10-8-14)21-17(22)20-12-13-5-4-6-15(19)11-13/h4-11H,12H2,1-3H3,(H2,20,21,22). The minimum Gasteiger partial charge on any atom is -0.334 e. The maximum absolute atomic E-state index is 11.9. The van der Waals surface area contributed by atoms with Crippen molar-refractivity contribution in [1.82, 2.24) is 5.32 Å². The van der Waals surface area contributed by atoms with Crippen LogP contribution in [0.5, 0.6) is 0 Å². The van der Waals surface area contributed by atoms with Crippen molar-refractivity contribution in [3.8, 4) is 0 Å². The third kappa shape index (κ3) is 4.88. The summed E-state index contributed by atoms with van der Waals surface area (Å²) in [5.74, 6) is 0. The van der Waals surface area contributed by atoms with E-state index in [4.69, 9.17) is 0 Å². The van der Waals surface area contributed by atoms with E-state index in [0.29, 0.717) is 6.54 Å². The van der Waals surface area contributed by atoms with E-state index in [9.17, 15) is 4.79 Å². The van der Waals surface area contributed by atoms with Gasteiger partial charge in [0.25, 0.3) is 0 Å². The summed E-state index contributed by atoms with van der Waals surface area (Å²) in [6.07, 6.45) is 0. The predicted molar refractivity (Wildman–Crippen MR) is 95.1 cm³/mol. The van der Waals surface area contributed by atoms with Crippen LogP contribution in [0.1, 0.15) is 31.9 Å². The molecule has 0 aliphatic heterocycles. The number of hydrogen-bond acceptors (Lipinski definition) is 1. The van der Waals surface area contributed by atoms with Crippen molar-refractivity contribution in [2.75, 3.05) is 5.32 Å². The summed E-state index contributed by atoms with van der Waals surface area (Å²) in [7, 11) is 0. The van der Waals surface area contributed by atoms with E-state index in [2.05, 4.69) is 47.3 Å². The summed E-state index contributed by atoms with van der Waals surface area (Å²) in [6.45, 7) is 6.99. The average Bonchev–Trinajstić information content (AvgIpc) is 2.45. The number of carbonyl (C=O) groups is 1. The summed E-state index contributed by atoms with van der Waals surface area (Å²) in [6, 6.07) is 15.6. The molecule has 3 nitrogen and oxygen atoms in total. The van der Waals surface area contributed by atoms with Crippen molar-refractivity contribution in [3.05, 3.63) is 64.1 Å². The van der Waals surface area contributed by atoms with Crippen LogP contribution < -0.4 is 10.6 Å². The molecule has 22 heavy (non-hydrogen) atoms. The highest BCUT2D eigenvalue weighted by molar-refractivity contribution is 9.10. The van der Waals surface area contributed by atoms with E-state index in [-0.39, 0.29) is 11.4 Å². The third-order valence-electron chi connectivity index (χ3n) is 3.35. The number of anilines is 1. The highest BCUT2D eigenvalue weighted by atomic mass is 79.9. The quantitative estimate of drug-likeness (QED) is 0.788. The Bertz CT molecular complexity index is 645. The number of rotatable bonds is 3. The van der Waals surface area contributed by atoms with Crippen LogP contribution in [0.25, 0.3) is 0 Å². The summed E-state index contributed by atoms with van der Waals surface area (Å²) in [5.41, 5.74) is 3.20. The van der Waals surface area contributed by atoms with Gasteiger partial charge in [0.2, 0.25) is 0 Å². The molecule has 2 amide bonds. The molecule has 0 bridgehead atoms. The second-order valence-electron chi connectivity index (χ2n) is 6.26. The number of benzene rings is 2. The summed E-state index contributed by atoms with van der Waals surface area (Å²) >= 11 is 3.42. The van der Waals surface area contributed by atoms with E-state index in [1.54, 1.807) is 0 Å². The minimum atomic E-state index is -0.205. The van der Waals surface area contributed by atoms with Gasteiger partial charge in [-0.15, -0.1) is 0 Å². The molecule has 116 valence electrons. The van der Waals surface area contributed by atoms with E-state index >= 15 is 0 Å². The fourth-order valence-electron chi connectivity index (χ4n) is 2.06. The molecular formula is C18H21BrN2O. The molecule has 0 saturated heterocycles. The first-order chi connectivity index (χ1) is 10.3. The number of urea groups is 1. The van der Waals surface area contributed by atoms with Crippen LogP contribution in [0.4, 0.5) is 10.5 Å². The lowest BCUT2D eigenvalue weighted by molar-refractivity contribution is 0.251. The number of nitrogens with one attached hydrogen (secondary N) is 2. The molecule has 0 aliphatic rings. The second-order valence-corrected chi connectivity index (χ2v) is 7.18. The average molecular weight is 361 g/mol. The van der Waals surface area contributed by atoms with Gasteiger partial charge in [0.1, 0.15) is 0 Å². The van der Waals surface area contributed by atoms with Gasteiger partial charge in [-0.2, -0.15) is 0 Å². The Kier molecular flexibility index (Phi) is 5.24. The summed E-state index contributed by atoms with van der Waals surface area (Å²) in [4.78, 5) is 11.9. The van der Waals surface area contributed by atoms with Crippen LogP contribution in [0.15, 0.2) is 53.0 Å². The van der Waals surface area contributed by atoms with Crippen molar-refractivity contribution in [3.63, 3.8) is 0 Å². The summed E-state index contributed by atoms with van der Waals surface area (Å²) in [5, 5.41) is 5.69. The molecule has 0 spiro atoms. The molecule has 0 unspecified atom stereocenters. The highest BCUT2D eigenvalue weighted by Gasteiger charge is 2.13. The van der Waals surface area contributed by atoms with Crippen LogP contribution >= 0.6 is 15.9 Å². The monoisotopic (exact) mass is 360 g/mol. The Balaban J connectivity index is 1.89. The molecule has 0 aliphatic carbocycles. The van der Waals surface area contributed by atoms with E-state index in [1.165, 1.54) is 5.56 Å². The van der Waals surface area contributed by atoms with Crippen molar-refractivity contribution in [2.24, 2.45) is 0 Å². The molecule has 0 saturated carbocycles. The molecule has 2 rings (SSSR count). The zero-order valence-corrected chi connectivity index (χ0v) is 14.7. The number of amides is 2. The van der Waals surface area contributed by atoms with Crippen LogP contribution in [0.2, 0.25) is 0 Å². The Hall–Kier alpha value is -1.81. The first-order valence-corrected chi connectivity index (χ1v) is 8.04. The molecule has 0 heterocycles. The lowest BCUT2D eigenvalue weighted by Gasteiger charge is -2.19. The lowest BCUT2D eigenvalue weighted by Crippen LogP contribution is -2.28. The van der Waals surface area contributed by atoms with Gasteiger partial charge in [0.15, 0.2) is 0 Å². The third-order valence-corrected chi connectivity index (χ3v) is 3.84. The van der Waals surface area contributed by atoms with Gasteiger partial charge in [0.05, 0.1) is 0 Å². The molecule has 2 aromatic rings. The number of carbonyl (C=O) groups excluding carboxylic acids is 1. The van der Waals surface area contributed by atoms with Crippen molar-refractivity contribution >= 4 is 27.6 Å². The van der Waals surface area contributed by atoms with Crippen LogP contribution in [0, 0.1) is 0 Å². The van der Waals surface area contributed by atoms with E-state index in [1.807, 2.05) is 48.5 Å². The number of hydrogen-bond donors (Lipinski definition) is 2. The van der Waals surface area contributed by atoms with E-state index < -0.39 is 0 Å². The van der Waals surface area contributed by atoms with Gasteiger partial charge in [-0.05, 0) is 40.8 Å². The Morgan fingerprint density at radius 1 is 1.09 bits per heavy atom. The van der Waals surface area contributed by atoms with Crippen molar-refractivity contribution in [1.29, 1.82) is 0 Å². The molecule has 2 aromatic carbocycles. The molecule has 0 aromatic heterocycles. The summed E-state index contributed by atoms with van der Waals surface area (Å²) < 4.78 is 1.00. The van der Waals surface area contributed by atoms with E-state index in [0.717, 1.165) is 15.7 Å². The fraction of sp³-hybridized carbons (Fsp3) is 0.278. The Labute approximate surface area is 140 Å². The molecule has 4 heteroatoms. The second kappa shape index (κ2) is 6.97. The van der Waals surface area contributed by atoms with Crippen LogP contribution in [-0.4, -0.2) is 6.03 Å². The zero-order valence-electron chi connectivity index (χ0n) is 13.1. The fourth-order valence-corrected chi connectivity index (χ4v) is 2.50. The molecule has 0 atom stereocenters. The largest absolute Gasteiger partial charge is 0.334 e. The SMILES string of the molecule is CC(C)(C)c1ccc(NC(=O)NCc2cccc(Br)c2)cc1. The van der Waals surface area contributed by atoms with Crippen LogP contribution in [-0.2, 0) is 12.0 Å². The Morgan fingerprint density at radius 2 is 1.77 bits per heavy atom. The first-order valence-electron chi connectivity index (χ1n) is 7.24. The first kappa shape index (κ1) is 16.6. The van der Waals surface area contributed by atoms with Gasteiger partial charge in [-0.3, -0.25) is 0 Å². The number of halogens is 1. The Morgan fingerprint density at radius 3 is 2.36 bits per heavy atom. The highest BCUT2D eigenvalue weighted by Crippen LogP contribution is 2.23. The maximum atomic E-state index is 11.9. The minimum absolute atomic E-state index is 0.113.